The van der Waals surface area contributed by atoms with E-state index in [2.05, 4.69) is 10.6 Å². The van der Waals surface area contributed by atoms with E-state index in [1.807, 2.05) is 48.5 Å². The van der Waals surface area contributed by atoms with E-state index in [9.17, 15) is 4.79 Å². The monoisotopic (exact) mass is 264 g/mol. The second kappa shape index (κ2) is 4.13. The summed E-state index contributed by atoms with van der Waals surface area (Å²) < 4.78 is 5.79. The van der Waals surface area contributed by atoms with Gasteiger partial charge in [0.15, 0.2) is 6.17 Å². The van der Waals surface area contributed by atoms with Gasteiger partial charge in [0.05, 0.1) is 5.56 Å². The molecule has 2 aromatic carbocycles. The minimum absolute atomic E-state index is 0.0928. The molecule has 0 spiro atoms. The average Bonchev–Trinajstić information content (AvgIpc) is 2.91. The molecule has 2 heterocycles. The summed E-state index contributed by atoms with van der Waals surface area (Å²) in [5.41, 5.74) is 2.29. The van der Waals surface area contributed by atoms with Gasteiger partial charge in [-0.1, -0.05) is 30.3 Å². The summed E-state index contributed by atoms with van der Waals surface area (Å²) in [5, 5.41) is 7.21. The van der Waals surface area contributed by atoms with Crippen molar-refractivity contribution < 1.29 is 9.21 Å². The Morgan fingerprint density at radius 3 is 2.65 bits per heavy atom. The van der Waals surface area contributed by atoms with Crippen molar-refractivity contribution in [3.8, 4) is 0 Å². The van der Waals surface area contributed by atoms with Crippen LogP contribution in [0.1, 0.15) is 22.3 Å². The van der Waals surface area contributed by atoms with Crippen LogP contribution in [-0.2, 0) is 0 Å². The summed E-state index contributed by atoms with van der Waals surface area (Å²) >= 11 is 0. The Morgan fingerprint density at radius 1 is 0.950 bits per heavy atom. The molecule has 0 saturated carbocycles. The number of carbonyl (C=O) groups excluding carboxylic acids is 1. The molecule has 1 aliphatic rings. The molecule has 1 atom stereocenters. The van der Waals surface area contributed by atoms with Crippen molar-refractivity contribution in [1.82, 2.24) is 5.32 Å². The lowest BCUT2D eigenvalue weighted by Crippen LogP contribution is -2.38. The fourth-order valence-electron chi connectivity index (χ4n) is 2.49. The molecule has 1 aromatic heterocycles. The summed E-state index contributed by atoms with van der Waals surface area (Å²) in [7, 11) is 0. The van der Waals surface area contributed by atoms with Crippen LogP contribution in [0.3, 0.4) is 0 Å². The molecule has 3 aromatic rings. The molecule has 1 amide bonds. The van der Waals surface area contributed by atoms with E-state index >= 15 is 0 Å². The Bertz CT molecular complexity index is 774. The molecule has 98 valence electrons. The van der Waals surface area contributed by atoms with Gasteiger partial charge in [-0.25, -0.2) is 0 Å². The number of fused-ring (bicyclic) bond motifs is 2. The fourth-order valence-corrected chi connectivity index (χ4v) is 2.49. The zero-order chi connectivity index (χ0) is 13.5. The summed E-state index contributed by atoms with van der Waals surface area (Å²) in [6.45, 7) is 0. The third-order valence-electron chi connectivity index (χ3n) is 3.48. The van der Waals surface area contributed by atoms with E-state index < -0.39 is 0 Å². The maximum absolute atomic E-state index is 12.1. The van der Waals surface area contributed by atoms with E-state index in [1.54, 1.807) is 6.07 Å². The number of benzene rings is 2. The highest BCUT2D eigenvalue weighted by Gasteiger charge is 2.26. The molecule has 0 bridgehead atoms. The topological polar surface area (TPSA) is 54.3 Å². The number of para-hydroxylation sites is 2. The zero-order valence-corrected chi connectivity index (χ0v) is 10.6. The van der Waals surface area contributed by atoms with Crippen LogP contribution in [0.25, 0.3) is 11.0 Å². The van der Waals surface area contributed by atoms with Crippen LogP contribution in [0.2, 0.25) is 0 Å². The maximum atomic E-state index is 12.1. The molecular formula is C16H12N2O2. The number of carbonyl (C=O) groups is 1. The van der Waals surface area contributed by atoms with Gasteiger partial charge in [0.2, 0.25) is 0 Å². The van der Waals surface area contributed by atoms with Gasteiger partial charge in [-0.3, -0.25) is 4.79 Å². The number of furan rings is 1. The highest BCUT2D eigenvalue weighted by Crippen LogP contribution is 2.29. The van der Waals surface area contributed by atoms with Gasteiger partial charge in [-0.15, -0.1) is 0 Å². The van der Waals surface area contributed by atoms with Gasteiger partial charge >= 0.3 is 0 Å². The number of hydrogen-bond donors (Lipinski definition) is 2. The zero-order valence-electron chi connectivity index (χ0n) is 10.6. The van der Waals surface area contributed by atoms with Crippen LogP contribution in [-0.4, -0.2) is 5.91 Å². The Kier molecular flexibility index (Phi) is 2.29. The SMILES string of the molecule is O=C1NC(c2cc3ccccc3o2)Nc2ccccc21. The normalized spacial score (nSPS) is 17.4. The van der Waals surface area contributed by atoms with Crippen molar-refractivity contribution in [2.24, 2.45) is 0 Å². The van der Waals surface area contributed by atoms with Crippen molar-refractivity contribution >= 4 is 22.6 Å². The Hall–Kier alpha value is -2.75. The van der Waals surface area contributed by atoms with E-state index in [-0.39, 0.29) is 12.1 Å². The highest BCUT2D eigenvalue weighted by atomic mass is 16.3. The first-order valence-corrected chi connectivity index (χ1v) is 6.46. The second-order valence-corrected chi connectivity index (χ2v) is 4.78. The number of nitrogens with one attached hydrogen (secondary N) is 2. The largest absolute Gasteiger partial charge is 0.457 e. The van der Waals surface area contributed by atoms with Gasteiger partial charge in [0, 0.05) is 11.1 Å². The van der Waals surface area contributed by atoms with Crippen molar-refractivity contribution in [3.63, 3.8) is 0 Å². The quantitative estimate of drug-likeness (QED) is 0.709. The summed E-state index contributed by atoms with van der Waals surface area (Å²) in [5.74, 6) is 0.610. The number of hydrogen-bond acceptors (Lipinski definition) is 3. The Balaban J connectivity index is 1.75. The summed E-state index contributed by atoms with van der Waals surface area (Å²) in [6.07, 6.45) is -0.343. The molecule has 4 rings (SSSR count). The summed E-state index contributed by atoms with van der Waals surface area (Å²) in [4.78, 5) is 12.1. The number of anilines is 1. The highest BCUT2D eigenvalue weighted by molar-refractivity contribution is 6.01. The molecule has 4 heteroatoms. The van der Waals surface area contributed by atoms with E-state index in [0.717, 1.165) is 16.7 Å². The minimum Gasteiger partial charge on any atom is -0.457 e. The third kappa shape index (κ3) is 1.66. The molecule has 1 unspecified atom stereocenters. The average molecular weight is 264 g/mol. The van der Waals surface area contributed by atoms with Gasteiger partial charge in [0.1, 0.15) is 11.3 Å². The predicted molar refractivity (Wildman–Crippen MR) is 76.5 cm³/mol. The molecule has 4 nitrogen and oxygen atoms in total. The third-order valence-corrected chi connectivity index (χ3v) is 3.48. The molecule has 20 heavy (non-hydrogen) atoms. The lowest BCUT2D eigenvalue weighted by Gasteiger charge is -2.26. The van der Waals surface area contributed by atoms with Crippen molar-refractivity contribution in [2.45, 2.75) is 6.17 Å². The summed E-state index contributed by atoms with van der Waals surface area (Å²) in [6, 6.07) is 17.2. The lowest BCUT2D eigenvalue weighted by atomic mass is 10.1. The fraction of sp³-hybridized carbons (Fsp3) is 0.0625. The van der Waals surface area contributed by atoms with Gasteiger partial charge in [-0.2, -0.15) is 0 Å². The first kappa shape index (κ1) is 11.1. The van der Waals surface area contributed by atoms with Crippen LogP contribution in [0, 0.1) is 0 Å². The molecule has 0 saturated heterocycles. The van der Waals surface area contributed by atoms with Gasteiger partial charge in [-0.05, 0) is 24.3 Å². The van der Waals surface area contributed by atoms with E-state index in [4.69, 9.17) is 4.42 Å². The van der Waals surface area contributed by atoms with Crippen LogP contribution < -0.4 is 10.6 Å². The number of rotatable bonds is 1. The van der Waals surface area contributed by atoms with Crippen molar-refractivity contribution in [2.75, 3.05) is 5.32 Å². The Labute approximate surface area is 115 Å². The van der Waals surface area contributed by atoms with Crippen molar-refractivity contribution in [3.05, 3.63) is 65.9 Å². The van der Waals surface area contributed by atoms with Crippen LogP contribution in [0.5, 0.6) is 0 Å². The van der Waals surface area contributed by atoms with E-state index in [0.29, 0.717) is 11.3 Å². The van der Waals surface area contributed by atoms with Gasteiger partial charge in [0.25, 0.3) is 5.91 Å². The molecule has 2 N–H and O–H groups in total. The molecular weight excluding hydrogens is 252 g/mol. The van der Waals surface area contributed by atoms with Crippen molar-refractivity contribution in [1.29, 1.82) is 0 Å². The number of amides is 1. The maximum Gasteiger partial charge on any atom is 0.255 e. The predicted octanol–water partition coefficient (Wildman–Crippen LogP) is 3.29. The van der Waals surface area contributed by atoms with Crippen LogP contribution in [0.4, 0.5) is 5.69 Å². The molecule has 1 aliphatic heterocycles. The molecule has 0 fully saturated rings. The Morgan fingerprint density at radius 2 is 1.75 bits per heavy atom. The smallest absolute Gasteiger partial charge is 0.255 e. The molecule has 0 aliphatic carbocycles. The lowest BCUT2D eigenvalue weighted by molar-refractivity contribution is 0.0931. The first-order chi connectivity index (χ1) is 9.81. The second-order valence-electron chi connectivity index (χ2n) is 4.78. The minimum atomic E-state index is -0.343. The van der Waals surface area contributed by atoms with Gasteiger partial charge < -0.3 is 15.1 Å². The van der Waals surface area contributed by atoms with Crippen LogP contribution in [0.15, 0.2) is 59.0 Å². The standard InChI is InChI=1S/C16H12N2O2/c19-16-11-6-2-3-7-12(11)17-15(18-16)14-9-10-5-1-4-8-13(10)20-14/h1-9,15,17H,(H,18,19). The van der Waals surface area contributed by atoms with Crippen LogP contribution >= 0.6 is 0 Å². The van der Waals surface area contributed by atoms with E-state index in [1.165, 1.54) is 0 Å². The first-order valence-electron chi connectivity index (χ1n) is 6.46. The molecule has 0 radical (unpaired) electrons.